The molecule has 0 bridgehead atoms. The highest BCUT2D eigenvalue weighted by atomic mass is 16.5. The van der Waals surface area contributed by atoms with Crippen LogP contribution in [0.3, 0.4) is 0 Å². The van der Waals surface area contributed by atoms with Crippen molar-refractivity contribution in [3.05, 3.63) is 30.4 Å². The third kappa shape index (κ3) is 2.56. The topological polar surface area (TPSA) is 73.9 Å². The van der Waals surface area contributed by atoms with Gasteiger partial charge in [0.05, 0.1) is 18.5 Å². The van der Waals surface area contributed by atoms with E-state index in [0.717, 1.165) is 29.0 Å². The van der Waals surface area contributed by atoms with E-state index in [-0.39, 0.29) is 0 Å². The summed E-state index contributed by atoms with van der Waals surface area (Å²) in [4.78, 5) is 12.4. The minimum Gasteiger partial charge on any atom is -0.492 e. The van der Waals surface area contributed by atoms with Gasteiger partial charge in [-0.3, -0.25) is 4.98 Å². The van der Waals surface area contributed by atoms with Crippen LogP contribution in [0.2, 0.25) is 0 Å². The largest absolute Gasteiger partial charge is 0.492 e. The molecule has 0 aliphatic heterocycles. The summed E-state index contributed by atoms with van der Waals surface area (Å²) < 4.78 is 5.55. The van der Waals surface area contributed by atoms with E-state index in [2.05, 4.69) is 21.9 Å². The Bertz CT molecular complexity index is 542. The Kier molecular flexibility index (Phi) is 3.72. The van der Waals surface area contributed by atoms with Crippen LogP contribution in [0.15, 0.2) is 24.8 Å². The first-order valence-electron chi connectivity index (χ1n) is 5.87. The number of pyridine rings is 1. The molecular formula is C13H16N4O. The maximum atomic E-state index is 5.77. The summed E-state index contributed by atoms with van der Waals surface area (Å²) in [5.41, 5.74) is 8.30. The van der Waals surface area contributed by atoms with Gasteiger partial charge in [0.25, 0.3) is 0 Å². The number of nitrogens with zero attached hydrogens (tertiary/aromatic N) is 3. The zero-order chi connectivity index (χ0) is 13.0. The standard InChI is InChI=1S/C13H16N4O/c1-3-4-18-11-5-10(6-15-7-11)12-9(2)13(14)17-8-16-12/h5-8H,3-4H2,1-2H3,(H2,14,16,17). The normalized spacial score (nSPS) is 10.3. The molecule has 0 aromatic carbocycles. The minimum absolute atomic E-state index is 0.486. The number of nitrogens with two attached hydrogens (primary N) is 1. The molecule has 0 amide bonds. The molecule has 5 heteroatoms. The van der Waals surface area contributed by atoms with Gasteiger partial charge in [0, 0.05) is 17.3 Å². The monoisotopic (exact) mass is 244 g/mol. The fourth-order valence-electron chi connectivity index (χ4n) is 1.60. The predicted molar refractivity (Wildman–Crippen MR) is 70.2 cm³/mol. The van der Waals surface area contributed by atoms with E-state index in [1.54, 1.807) is 12.4 Å². The summed E-state index contributed by atoms with van der Waals surface area (Å²) in [6, 6.07) is 1.91. The van der Waals surface area contributed by atoms with Crippen molar-refractivity contribution in [1.29, 1.82) is 0 Å². The maximum Gasteiger partial charge on any atom is 0.138 e. The first-order chi connectivity index (χ1) is 8.72. The summed E-state index contributed by atoms with van der Waals surface area (Å²) in [6.45, 7) is 4.63. The molecule has 0 fully saturated rings. The Morgan fingerprint density at radius 2 is 2.11 bits per heavy atom. The first kappa shape index (κ1) is 12.3. The average Bonchev–Trinajstić information content (AvgIpc) is 2.40. The zero-order valence-corrected chi connectivity index (χ0v) is 10.6. The molecule has 18 heavy (non-hydrogen) atoms. The van der Waals surface area contributed by atoms with Crippen LogP contribution < -0.4 is 10.5 Å². The second kappa shape index (κ2) is 5.44. The van der Waals surface area contributed by atoms with E-state index >= 15 is 0 Å². The van der Waals surface area contributed by atoms with Gasteiger partial charge >= 0.3 is 0 Å². The van der Waals surface area contributed by atoms with Crippen LogP contribution >= 0.6 is 0 Å². The SMILES string of the molecule is CCCOc1cncc(-c2ncnc(N)c2C)c1. The molecule has 0 saturated carbocycles. The highest BCUT2D eigenvalue weighted by Crippen LogP contribution is 2.25. The van der Waals surface area contributed by atoms with Gasteiger partial charge in [0.1, 0.15) is 17.9 Å². The van der Waals surface area contributed by atoms with Crippen LogP contribution in [0, 0.1) is 6.92 Å². The molecule has 2 aromatic heterocycles. The Labute approximate surface area is 106 Å². The third-order valence-electron chi connectivity index (χ3n) is 2.58. The molecule has 2 rings (SSSR count). The van der Waals surface area contributed by atoms with Crippen molar-refractivity contribution in [1.82, 2.24) is 15.0 Å². The molecule has 0 radical (unpaired) electrons. The molecule has 0 spiro atoms. The summed E-state index contributed by atoms with van der Waals surface area (Å²) in [5.74, 6) is 1.23. The van der Waals surface area contributed by atoms with Gasteiger partial charge in [-0.25, -0.2) is 9.97 Å². The van der Waals surface area contributed by atoms with Gasteiger partial charge < -0.3 is 10.5 Å². The van der Waals surface area contributed by atoms with Gasteiger partial charge in [-0.2, -0.15) is 0 Å². The van der Waals surface area contributed by atoms with Crippen molar-refractivity contribution >= 4 is 5.82 Å². The highest BCUT2D eigenvalue weighted by Gasteiger charge is 2.08. The molecule has 2 aromatic rings. The lowest BCUT2D eigenvalue weighted by Gasteiger charge is -2.08. The molecule has 0 aliphatic rings. The first-order valence-corrected chi connectivity index (χ1v) is 5.87. The lowest BCUT2D eigenvalue weighted by molar-refractivity contribution is 0.316. The molecular weight excluding hydrogens is 228 g/mol. The number of ether oxygens (including phenoxy) is 1. The Morgan fingerprint density at radius 3 is 2.89 bits per heavy atom. The van der Waals surface area contributed by atoms with Crippen molar-refractivity contribution in [2.24, 2.45) is 0 Å². The van der Waals surface area contributed by atoms with Crippen molar-refractivity contribution in [3.8, 4) is 17.0 Å². The summed E-state index contributed by atoms with van der Waals surface area (Å²) >= 11 is 0. The molecule has 2 N–H and O–H groups in total. The second-order valence-corrected chi connectivity index (χ2v) is 3.99. The van der Waals surface area contributed by atoms with Gasteiger partial charge in [-0.05, 0) is 19.4 Å². The Hall–Kier alpha value is -2.17. The van der Waals surface area contributed by atoms with Crippen molar-refractivity contribution < 1.29 is 4.74 Å². The molecule has 0 aliphatic carbocycles. The smallest absolute Gasteiger partial charge is 0.138 e. The van der Waals surface area contributed by atoms with E-state index in [9.17, 15) is 0 Å². The molecule has 0 atom stereocenters. The Balaban J connectivity index is 2.35. The second-order valence-electron chi connectivity index (χ2n) is 3.99. The van der Waals surface area contributed by atoms with E-state index in [0.29, 0.717) is 12.4 Å². The molecule has 0 saturated heterocycles. The van der Waals surface area contributed by atoms with E-state index < -0.39 is 0 Å². The van der Waals surface area contributed by atoms with E-state index in [1.807, 2.05) is 13.0 Å². The Morgan fingerprint density at radius 1 is 1.28 bits per heavy atom. The number of hydrogen-bond donors (Lipinski definition) is 1. The van der Waals surface area contributed by atoms with Crippen LogP contribution in [0.25, 0.3) is 11.3 Å². The maximum absolute atomic E-state index is 5.77. The number of rotatable bonds is 4. The van der Waals surface area contributed by atoms with Gasteiger partial charge in [-0.1, -0.05) is 6.92 Å². The van der Waals surface area contributed by atoms with Gasteiger partial charge in [-0.15, -0.1) is 0 Å². The van der Waals surface area contributed by atoms with Crippen LogP contribution in [0.5, 0.6) is 5.75 Å². The fraction of sp³-hybridized carbons (Fsp3) is 0.308. The number of aromatic nitrogens is 3. The molecule has 94 valence electrons. The van der Waals surface area contributed by atoms with Crippen molar-refractivity contribution in [3.63, 3.8) is 0 Å². The lowest BCUT2D eigenvalue weighted by Crippen LogP contribution is -2.00. The summed E-state index contributed by atoms with van der Waals surface area (Å²) in [5, 5.41) is 0. The van der Waals surface area contributed by atoms with Gasteiger partial charge in [0.2, 0.25) is 0 Å². The average molecular weight is 244 g/mol. The summed E-state index contributed by atoms with van der Waals surface area (Å²) in [7, 11) is 0. The molecule has 5 nitrogen and oxygen atoms in total. The number of anilines is 1. The van der Waals surface area contributed by atoms with E-state index in [4.69, 9.17) is 10.5 Å². The van der Waals surface area contributed by atoms with Crippen LogP contribution in [0.4, 0.5) is 5.82 Å². The number of nitrogen functional groups attached to an aromatic ring is 1. The fourth-order valence-corrected chi connectivity index (χ4v) is 1.60. The van der Waals surface area contributed by atoms with Crippen molar-refractivity contribution in [2.75, 3.05) is 12.3 Å². The molecule has 2 heterocycles. The highest BCUT2D eigenvalue weighted by molar-refractivity contribution is 5.67. The van der Waals surface area contributed by atoms with Crippen LogP contribution in [-0.4, -0.2) is 21.6 Å². The van der Waals surface area contributed by atoms with Gasteiger partial charge in [0.15, 0.2) is 0 Å². The quantitative estimate of drug-likeness (QED) is 0.892. The molecule has 0 unspecified atom stereocenters. The predicted octanol–water partition coefficient (Wildman–Crippen LogP) is 2.22. The van der Waals surface area contributed by atoms with Crippen LogP contribution in [-0.2, 0) is 0 Å². The summed E-state index contributed by atoms with van der Waals surface area (Å²) in [6.07, 6.45) is 5.85. The zero-order valence-electron chi connectivity index (χ0n) is 10.6. The minimum atomic E-state index is 0.486. The number of hydrogen-bond acceptors (Lipinski definition) is 5. The lowest BCUT2D eigenvalue weighted by atomic mass is 10.1. The third-order valence-corrected chi connectivity index (χ3v) is 2.58. The van der Waals surface area contributed by atoms with Crippen LogP contribution in [0.1, 0.15) is 18.9 Å². The van der Waals surface area contributed by atoms with Crippen molar-refractivity contribution in [2.45, 2.75) is 20.3 Å². The van der Waals surface area contributed by atoms with E-state index in [1.165, 1.54) is 6.33 Å².